The van der Waals surface area contributed by atoms with Crippen molar-refractivity contribution in [2.24, 2.45) is 5.10 Å². The van der Waals surface area contributed by atoms with Crippen molar-refractivity contribution in [3.05, 3.63) is 73.0 Å². The topological polar surface area (TPSA) is 111 Å². The highest BCUT2D eigenvalue weighted by Crippen LogP contribution is 2.29. The van der Waals surface area contributed by atoms with Crippen LogP contribution in [0, 0.1) is 26.0 Å². The Morgan fingerprint density at radius 2 is 1.88 bits per heavy atom. The largest absolute Gasteiger partial charge is 0.301 e. The number of nitrogens with zero attached hydrogens (tertiary/aromatic N) is 3. The molecule has 0 atom stereocenters. The summed E-state index contributed by atoms with van der Waals surface area (Å²) in [6.45, 7) is 1.57. The minimum Gasteiger partial charge on any atom is -0.271 e. The lowest BCUT2D eigenvalue weighted by Crippen LogP contribution is -2.03. The summed E-state index contributed by atoms with van der Waals surface area (Å²) >= 11 is 5.91. The summed E-state index contributed by atoms with van der Waals surface area (Å²) in [6.07, 6.45) is 0. The Bertz CT molecular complexity index is 857. The molecule has 124 valence electrons. The molecule has 0 aliphatic carbocycles. The lowest BCUT2D eigenvalue weighted by molar-refractivity contribution is -0.393. The van der Waals surface area contributed by atoms with Crippen LogP contribution in [0.5, 0.6) is 0 Å². The number of hydrogen-bond donors (Lipinski definition) is 1. The Balaban J connectivity index is 2.33. The number of nitro benzene ring substituents is 2. The molecule has 0 radical (unpaired) electrons. The van der Waals surface area contributed by atoms with E-state index >= 15 is 0 Å². The lowest BCUT2D eigenvalue weighted by Gasteiger charge is -2.06. The van der Waals surface area contributed by atoms with Gasteiger partial charge in [-0.1, -0.05) is 11.6 Å². The van der Waals surface area contributed by atoms with Gasteiger partial charge >= 0.3 is 5.69 Å². The normalized spacial score (nSPS) is 11.2. The first-order valence-electron chi connectivity index (χ1n) is 6.48. The highest BCUT2D eigenvalue weighted by Gasteiger charge is 2.19. The number of hydrazone groups is 1. The van der Waals surface area contributed by atoms with Crippen molar-refractivity contribution in [3.63, 3.8) is 0 Å². The van der Waals surface area contributed by atoms with E-state index in [2.05, 4.69) is 10.5 Å². The van der Waals surface area contributed by atoms with Gasteiger partial charge in [0.05, 0.1) is 26.6 Å². The van der Waals surface area contributed by atoms with Crippen LogP contribution in [0.25, 0.3) is 0 Å². The molecule has 2 rings (SSSR count). The van der Waals surface area contributed by atoms with Crippen LogP contribution in [0.4, 0.5) is 21.5 Å². The van der Waals surface area contributed by atoms with Gasteiger partial charge in [0.1, 0.15) is 11.5 Å². The maximum Gasteiger partial charge on any atom is 0.301 e. The number of benzene rings is 2. The molecule has 0 saturated heterocycles. The second-order valence-corrected chi connectivity index (χ2v) is 5.06. The van der Waals surface area contributed by atoms with E-state index in [0.717, 1.165) is 18.2 Å². The maximum absolute atomic E-state index is 13.0. The number of nitro groups is 2. The molecule has 0 spiro atoms. The lowest BCUT2D eigenvalue weighted by atomic mass is 10.1. The van der Waals surface area contributed by atoms with Crippen molar-refractivity contribution >= 4 is 34.4 Å². The Morgan fingerprint density at radius 1 is 1.17 bits per heavy atom. The molecule has 0 aliphatic rings. The SMILES string of the molecule is C/C(=N/Nc1ccc([N+](=O)[O-])cc1[N+](=O)[O-])c1ccc(F)cc1Cl. The standard InChI is InChI=1S/C14H10ClFN4O4/c1-8(11-4-2-9(16)6-12(11)15)17-18-13-5-3-10(19(21)22)7-14(13)20(23)24/h2-7,18H,1H3/b17-8-. The zero-order valence-corrected chi connectivity index (χ0v) is 13.0. The zero-order valence-electron chi connectivity index (χ0n) is 12.2. The van der Waals surface area contributed by atoms with E-state index in [1.54, 1.807) is 6.92 Å². The first kappa shape index (κ1) is 17.3. The quantitative estimate of drug-likeness (QED) is 0.494. The van der Waals surface area contributed by atoms with Gasteiger partial charge in [0.25, 0.3) is 5.69 Å². The number of hydrogen-bond acceptors (Lipinski definition) is 6. The number of rotatable bonds is 5. The Labute approximate surface area is 139 Å². The molecular weight excluding hydrogens is 343 g/mol. The number of anilines is 1. The molecule has 0 aliphatic heterocycles. The molecule has 24 heavy (non-hydrogen) atoms. The predicted octanol–water partition coefficient (Wildman–Crippen LogP) is 4.13. The minimum absolute atomic E-state index is 0.0248. The Kier molecular flexibility index (Phi) is 5.05. The van der Waals surface area contributed by atoms with Crippen molar-refractivity contribution in [1.29, 1.82) is 0 Å². The first-order valence-corrected chi connectivity index (χ1v) is 6.86. The Hall–Kier alpha value is -3.07. The molecular formula is C14H10ClFN4O4. The van der Waals surface area contributed by atoms with Crippen molar-refractivity contribution in [3.8, 4) is 0 Å². The van der Waals surface area contributed by atoms with Crippen molar-refractivity contribution in [2.45, 2.75) is 6.92 Å². The molecule has 0 fully saturated rings. The zero-order chi connectivity index (χ0) is 17.9. The van der Waals surface area contributed by atoms with E-state index in [4.69, 9.17) is 11.6 Å². The summed E-state index contributed by atoms with van der Waals surface area (Å²) in [4.78, 5) is 20.2. The minimum atomic E-state index is -0.759. The average Bonchev–Trinajstić information content (AvgIpc) is 2.52. The van der Waals surface area contributed by atoms with Gasteiger partial charge in [-0.05, 0) is 31.2 Å². The molecule has 1 N–H and O–H groups in total. The van der Waals surface area contributed by atoms with Gasteiger partial charge in [-0.3, -0.25) is 25.7 Å². The molecule has 8 nitrogen and oxygen atoms in total. The van der Waals surface area contributed by atoms with Gasteiger partial charge in [0.15, 0.2) is 0 Å². The third-order valence-corrected chi connectivity index (χ3v) is 3.37. The van der Waals surface area contributed by atoms with Gasteiger partial charge in [0.2, 0.25) is 0 Å². The van der Waals surface area contributed by atoms with E-state index in [0.29, 0.717) is 11.3 Å². The highest BCUT2D eigenvalue weighted by atomic mass is 35.5. The second-order valence-electron chi connectivity index (χ2n) is 4.65. The smallest absolute Gasteiger partial charge is 0.271 e. The fourth-order valence-electron chi connectivity index (χ4n) is 1.87. The van der Waals surface area contributed by atoms with Crippen molar-refractivity contribution in [1.82, 2.24) is 0 Å². The van der Waals surface area contributed by atoms with Crippen LogP contribution >= 0.6 is 11.6 Å². The summed E-state index contributed by atoms with van der Waals surface area (Å²) in [5, 5.41) is 25.8. The molecule has 0 heterocycles. The van der Waals surface area contributed by atoms with Crippen LogP contribution in [0.1, 0.15) is 12.5 Å². The number of nitrogens with one attached hydrogen (secondary N) is 1. The second kappa shape index (κ2) is 7.01. The number of non-ortho nitro benzene ring substituents is 1. The Morgan fingerprint density at radius 3 is 2.46 bits per heavy atom. The van der Waals surface area contributed by atoms with E-state index in [1.807, 2.05) is 0 Å². The van der Waals surface area contributed by atoms with E-state index in [1.165, 1.54) is 18.2 Å². The van der Waals surface area contributed by atoms with Crippen LogP contribution in [-0.4, -0.2) is 15.6 Å². The van der Waals surface area contributed by atoms with Gasteiger partial charge in [0, 0.05) is 11.6 Å². The number of halogens is 2. The molecule has 2 aromatic rings. The third kappa shape index (κ3) is 3.82. The fraction of sp³-hybridized carbons (Fsp3) is 0.0714. The summed E-state index contributed by atoms with van der Waals surface area (Å²) in [5.41, 5.74) is 2.34. The molecule has 10 heteroatoms. The summed E-state index contributed by atoms with van der Waals surface area (Å²) in [5.74, 6) is -0.504. The molecule has 0 amide bonds. The van der Waals surface area contributed by atoms with E-state index in [-0.39, 0.29) is 10.7 Å². The summed E-state index contributed by atoms with van der Waals surface area (Å²) in [6, 6.07) is 6.86. The molecule has 0 unspecified atom stereocenters. The van der Waals surface area contributed by atoms with Crippen LogP contribution in [-0.2, 0) is 0 Å². The molecule has 0 bridgehead atoms. The van der Waals surface area contributed by atoms with Crippen LogP contribution < -0.4 is 5.43 Å². The summed E-state index contributed by atoms with van der Waals surface area (Å²) in [7, 11) is 0. The average molecular weight is 353 g/mol. The summed E-state index contributed by atoms with van der Waals surface area (Å²) < 4.78 is 13.0. The first-order chi connectivity index (χ1) is 11.3. The van der Waals surface area contributed by atoms with E-state index in [9.17, 15) is 24.6 Å². The van der Waals surface area contributed by atoms with Gasteiger partial charge < -0.3 is 0 Å². The van der Waals surface area contributed by atoms with Crippen molar-refractivity contribution in [2.75, 3.05) is 5.43 Å². The maximum atomic E-state index is 13.0. The van der Waals surface area contributed by atoms with E-state index < -0.39 is 27.0 Å². The van der Waals surface area contributed by atoms with Gasteiger partial charge in [-0.15, -0.1) is 0 Å². The van der Waals surface area contributed by atoms with Gasteiger partial charge in [-0.2, -0.15) is 5.10 Å². The monoisotopic (exact) mass is 352 g/mol. The third-order valence-electron chi connectivity index (χ3n) is 3.05. The van der Waals surface area contributed by atoms with Crippen molar-refractivity contribution < 1.29 is 14.2 Å². The molecule has 0 saturated carbocycles. The van der Waals surface area contributed by atoms with Crippen LogP contribution in [0.3, 0.4) is 0 Å². The van der Waals surface area contributed by atoms with Crippen LogP contribution in [0.15, 0.2) is 41.5 Å². The molecule has 0 aromatic heterocycles. The van der Waals surface area contributed by atoms with Gasteiger partial charge in [-0.25, -0.2) is 4.39 Å². The van der Waals surface area contributed by atoms with Crippen LogP contribution in [0.2, 0.25) is 5.02 Å². The molecule has 2 aromatic carbocycles. The fourth-order valence-corrected chi connectivity index (χ4v) is 2.17. The highest BCUT2D eigenvalue weighted by molar-refractivity contribution is 6.34. The predicted molar refractivity (Wildman–Crippen MR) is 87.0 cm³/mol.